The molecule has 0 spiro atoms. The van der Waals surface area contributed by atoms with Crippen LogP contribution in [-0.2, 0) is 11.9 Å². The molecule has 22 heavy (non-hydrogen) atoms. The van der Waals surface area contributed by atoms with Crippen molar-refractivity contribution < 1.29 is 5.11 Å². The molecular formula is C20H27BrO. The van der Waals surface area contributed by atoms with Gasteiger partial charge in [-0.2, -0.15) is 0 Å². The molecule has 2 aromatic carbocycles. The molecule has 1 nitrogen and oxygen atoms in total. The summed E-state index contributed by atoms with van der Waals surface area (Å²) in [4.78, 5) is 0. The first-order chi connectivity index (χ1) is 10.5. The molecule has 0 amide bonds. The lowest BCUT2D eigenvalue weighted by molar-refractivity contribution is 0.282. The van der Waals surface area contributed by atoms with Crippen LogP contribution in [0.4, 0.5) is 0 Å². The summed E-state index contributed by atoms with van der Waals surface area (Å²) in [7, 11) is 0. The highest BCUT2D eigenvalue weighted by molar-refractivity contribution is 9.08. The van der Waals surface area contributed by atoms with E-state index >= 15 is 0 Å². The van der Waals surface area contributed by atoms with Crippen LogP contribution in [0.25, 0.3) is 0 Å². The Kier molecular flexibility index (Phi) is 8.44. The van der Waals surface area contributed by atoms with Crippen molar-refractivity contribution in [2.45, 2.75) is 51.5 Å². The maximum absolute atomic E-state index is 8.77. The van der Waals surface area contributed by atoms with Gasteiger partial charge in [-0.3, -0.25) is 0 Å². The number of aliphatic hydroxyl groups excluding tert-OH is 1. The van der Waals surface area contributed by atoms with E-state index in [0.29, 0.717) is 11.8 Å². The van der Waals surface area contributed by atoms with E-state index in [1.165, 1.54) is 16.7 Å². The Bertz CT molecular complexity index is 475. The van der Waals surface area contributed by atoms with Crippen molar-refractivity contribution in [3.63, 3.8) is 0 Å². The van der Waals surface area contributed by atoms with Crippen molar-refractivity contribution in [3.05, 3.63) is 70.8 Å². The van der Waals surface area contributed by atoms with Gasteiger partial charge in [-0.05, 0) is 34.1 Å². The lowest BCUT2D eigenvalue weighted by Gasteiger charge is -2.04. The van der Waals surface area contributed by atoms with Gasteiger partial charge in [0.05, 0.1) is 6.61 Å². The fraction of sp³-hybridized carbons (Fsp3) is 0.400. The van der Waals surface area contributed by atoms with E-state index in [0.717, 1.165) is 10.9 Å². The highest BCUT2D eigenvalue weighted by Gasteiger charge is 1.97. The standard InChI is InChI=1S/C10H13Br.C10H14O/c2*1-8(2)10-5-3-9(7-11)4-6-10/h3-6,8H,7H2,1-2H3;3-6,8,11H,7H2,1-2H3. The number of hydrogen-bond donors (Lipinski definition) is 1. The van der Waals surface area contributed by atoms with Gasteiger partial charge in [-0.1, -0.05) is 92.2 Å². The molecule has 0 unspecified atom stereocenters. The first-order valence-electron chi connectivity index (χ1n) is 7.82. The Morgan fingerprint density at radius 1 is 0.727 bits per heavy atom. The summed E-state index contributed by atoms with van der Waals surface area (Å²) < 4.78 is 0. The SMILES string of the molecule is CC(C)c1ccc(CBr)cc1.CC(C)c1ccc(CO)cc1. The van der Waals surface area contributed by atoms with E-state index in [1.54, 1.807) is 0 Å². The number of aliphatic hydroxyl groups is 1. The zero-order chi connectivity index (χ0) is 16.5. The summed E-state index contributed by atoms with van der Waals surface area (Å²) in [6.07, 6.45) is 0. The summed E-state index contributed by atoms with van der Waals surface area (Å²) in [6, 6.07) is 16.8. The van der Waals surface area contributed by atoms with Crippen LogP contribution in [0.15, 0.2) is 48.5 Å². The molecule has 0 bridgehead atoms. The van der Waals surface area contributed by atoms with Crippen LogP contribution >= 0.6 is 15.9 Å². The molecule has 0 aromatic heterocycles. The average molecular weight is 363 g/mol. The number of hydrogen-bond acceptors (Lipinski definition) is 1. The zero-order valence-electron chi connectivity index (χ0n) is 14.0. The van der Waals surface area contributed by atoms with Crippen molar-refractivity contribution in [1.29, 1.82) is 0 Å². The average Bonchev–Trinajstić information content (AvgIpc) is 2.55. The molecule has 0 atom stereocenters. The summed E-state index contributed by atoms with van der Waals surface area (Å²) in [5.41, 5.74) is 5.06. The van der Waals surface area contributed by atoms with E-state index in [9.17, 15) is 0 Å². The van der Waals surface area contributed by atoms with Gasteiger partial charge < -0.3 is 5.11 Å². The predicted molar refractivity (Wildman–Crippen MR) is 99.6 cm³/mol. The molecule has 2 rings (SSSR count). The van der Waals surface area contributed by atoms with E-state index in [1.807, 2.05) is 12.1 Å². The summed E-state index contributed by atoms with van der Waals surface area (Å²) >= 11 is 3.42. The van der Waals surface area contributed by atoms with Crippen LogP contribution in [0.2, 0.25) is 0 Å². The number of rotatable bonds is 4. The van der Waals surface area contributed by atoms with Crippen molar-refractivity contribution in [3.8, 4) is 0 Å². The van der Waals surface area contributed by atoms with Crippen molar-refractivity contribution in [1.82, 2.24) is 0 Å². The Balaban J connectivity index is 0.000000220. The second kappa shape index (κ2) is 9.81. The molecule has 0 radical (unpaired) electrons. The third-order valence-electron chi connectivity index (χ3n) is 3.63. The minimum absolute atomic E-state index is 0.137. The Morgan fingerprint density at radius 3 is 1.36 bits per heavy atom. The molecule has 2 heteroatoms. The highest BCUT2D eigenvalue weighted by atomic mass is 79.9. The van der Waals surface area contributed by atoms with Gasteiger partial charge in [-0.25, -0.2) is 0 Å². The van der Waals surface area contributed by atoms with Gasteiger partial charge in [-0.15, -0.1) is 0 Å². The lowest BCUT2D eigenvalue weighted by Crippen LogP contribution is -1.88. The molecule has 0 saturated carbocycles. The molecular weight excluding hydrogens is 336 g/mol. The Labute approximate surface area is 143 Å². The third kappa shape index (κ3) is 6.33. The summed E-state index contributed by atoms with van der Waals surface area (Å²) in [5.74, 6) is 1.21. The molecule has 0 aliphatic heterocycles. The zero-order valence-corrected chi connectivity index (χ0v) is 15.6. The first kappa shape index (κ1) is 18.9. The van der Waals surface area contributed by atoms with Crippen molar-refractivity contribution in [2.75, 3.05) is 0 Å². The molecule has 1 N–H and O–H groups in total. The van der Waals surface area contributed by atoms with Crippen LogP contribution in [0.5, 0.6) is 0 Å². The molecule has 2 aromatic rings. The van der Waals surface area contributed by atoms with Crippen LogP contribution < -0.4 is 0 Å². The van der Waals surface area contributed by atoms with E-state index in [2.05, 4.69) is 80.0 Å². The van der Waals surface area contributed by atoms with Crippen molar-refractivity contribution in [2.24, 2.45) is 0 Å². The number of benzene rings is 2. The van der Waals surface area contributed by atoms with Crippen LogP contribution in [0.1, 0.15) is 61.8 Å². The molecule has 0 saturated heterocycles. The Hall–Kier alpha value is -1.12. The number of alkyl halides is 1. The molecule has 0 fully saturated rings. The molecule has 120 valence electrons. The van der Waals surface area contributed by atoms with Gasteiger partial charge >= 0.3 is 0 Å². The topological polar surface area (TPSA) is 20.2 Å². The summed E-state index contributed by atoms with van der Waals surface area (Å²) in [6.45, 7) is 8.88. The second-order valence-electron chi connectivity index (χ2n) is 6.08. The maximum atomic E-state index is 8.77. The van der Waals surface area contributed by atoms with E-state index in [-0.39, 0.29) is 6.61 Å². The van der Waals surface area contributed by atoms with Gasteiger partial charge in [0.25, 0.3) is 0 Å². The van der Waals surface area contributed by atoms with E-state index < -0.39 is 0 Å². The monoisotopic (exact) mass is 362 g/mol. The minimum Gasteiger partial charge on any atom is -0.392 e. The third-order valence-corrected chi connectivity index (χ3v) is 4.28. The maximum Gasteiger partial charge on any atom is 0.0681 e. The molecule has 0 heterocycles. The summed E-state index contributed by atoms with van der Waals surface area (Å²) in [5, 5.41) is 9.72. The molecule has 0 aliphatic carbocycles. The Morgan fingerprint density at radius 2 is 1.09 bits per heavy atom. The smallest absolute Gasteiger partial charge is 0.0681 e. The predicted octanol–water partition coefficient (Wildman–Crippen LogP) is 6.01. The van der Waals surface area contributed by atoms with Gasteiger partial charge in [0.15, 0.2) is 0 Å². The van der Waals surface area contributed by atoms with E-state index in [4.69, 9.17) is 5.11 Å². The quantitative estimate of drug-likeness (QED) is 0.660. The fourth-order valence-corrected chi connectivity index (χ4v) is 2.37. The second-order valence-corrected chi connectivity index (χ2v) is 6.65. The van der Waals surface area contributed by atoms with Gasteiger partial charge in [0.1, 0.15) is 0 Å². The normalized spacial score (nSPS) is 10.5. The van der Waals surface area contributed by atoms with Crippen LogP contribution in [0, 0.1) is 0 Å². The highest BCUT2D eigenvalue weighted by Crippen LogP contribution is 2.16. The first-order valence-corrected chi connectivity index (χ1v) is 8.94. The molecule has 0 aliphatic rings. The lowest BCUT2D eigenvalue weighted by atomic mass is 10.0. The minimum atomic E-state index is 0.137. The van der Waals surface area contributed by atoms with Crippen LogP contribution in [0.3, 0.4) is 0 Å². The van der Waals surface area contributed by atoms with Gasteiger partial charge in [0.2, 0.25) is 0 Å². The van der Waals surface area contributed by atoms with Gasteiger partial charge in [0, 0.05) is 5.33 Å². The number of halogens is 1. The fourth-order valence-electron chi connectivity index (χ4n) is 2.00. The van der Waals surface area contributed by atoms with Crippen molar-refractivity contribution >= 4 is 15.9 Å². The van der Waals surface area contributed by atoms with Crippen LogP contribution in [-0.4, -0.2) is 5.11 Å². The largest absolute Gasteiger partial charge is 0.392 e.